The number of nitrogens with zero attached hydrogens (tertiary/aromatic N) is 3. The molecule has 2 N–H and O–H groups in total. The normalized spacial score (nSPS) is 18.2. The predicted molar refractivity (Wildman–Crippen MR) is 107 cm³/mol. The number of rotatable bonds is 4. The van der Waals surface area contributed by atoms with Crippen molar-refractivity contribution in [2.75, 3.05) is 10.7 Å². The molecule has 8 heteroatoms. The topological polar surface area (TPSA) is 71.8 Å². The fraction of sp³-hybridized carbons (Fsp3) is 0.250. The number of carbonyl (C=O) groups is 1. The maximum atomic E-state index is 13.4. The lowest BCUT2D eigenvalue weighted by Gasteiger charge is -2.32. The van der Waals surface area contributed by atoms with Crippen LogP contribution in [0.15, 0.2) is 53.7 Å². The van der Waals surface area contributed by atoms with Crippen LogP contribution in [0.1, 0.15) is 29.9 Å². The average Bonchev–Trinajstić information content (AvgIpc) is 3.08. The van der Waals surface area contributed by atoms with E-state index in [1.807, 2.05) is 31.2 Å². The molecule has 1 aliphatic heterocycles. The minimum Gasteiger partial charge on any atom is -0.325 e. The minimum absolute atomic E-state index is 0.150. The van der Waals surface area contributed by atoms with Crippen LogP contribution < -0.4 is 10.7 Å². The lowest BCUT2D eigenvalue weighted by Crippen LogP contribution is -2.41. The molecular formula is C20H20FN5OS. The maximum Gasteiger partial charge on any atom is 0.240 e. The predicted octanol–water partition coefficient (Wildman–Crippen LogP) is 3.69. The van der Waals surface area contributed by atoms with Crippen LogP contribution in [0.2, 0.25) is 0 Å². The lowest BCUT2D eigenvalue weighted by atomic mass is 10.0. The zero-order valence-corrected chi connectivity index (χ0v) is 16.3. The molecule has 1 aliphatic rings. The number of carbonyl (C=O) groups excluding carboxylic acids is 1. The Morgan fingerprint density at radius 1 is 1.18 bits per heavy atom. The van der Waals surface area contributed by atoms with Crippen LogP contribution in [0.25, 0.3) is 0 Å². The van der Waals surface area contributed by atoms with E-state index in [1.165, 1.54) is 29.5 Å². The molecule has 0 radical (unpaired) electrons. The molecule has 28 heavy (non-hydrogen) atoms. The van der Waals surface area contributed by atoms with Gasteiger partial charge in [0, 0.05) is 5.69 Å². The Bertz CT molecular complexity index is 987. The van der Waals surface area contributed by atoms with Crippen molar-refractivity contribution in [3.63, 3.8) is 0 Å². The third-order valence-electron chi connectivity index (χ3n) is 4.72. The van der Waals surface area contributed by atoms with Crippen LogP contribution in [0.5, 0.6) is 0 Å². The first-order chi connectivity index (χ1) is 13.5. The Balaban J connectivity index is 1.62. The number of benzene rings is 2. The number of aromatic nitrogens is 3. The summed E-state index contributed by atoms with van der Waals surface area (Å²) in [4.78, 5) is 13.1. The summed E-state index contributed by atoms with van der Waals surface area (Å²) in [6.45, 7) is 3.92. The van der Waals surface area contributed by atoms with Gasteiger partial charge in [0.15, 0.2) is 0 Å². The van der Waals surface area contributed by atoms with E-state index in [4.69, 9.17) is 0 Å². The maximum absolute atomic E-state index is 13.4. The SMILES string of the molecule is CCc1ccc(NC(=O)C2Sc3nnc(C)n3NC2c2ccc(F)cc2)cc1. The lowest BCUT2D eigenvalue weighted by molar-refractivity contribution is -0.116. The Hall–Kier alpha value is -2.87. The van der Waals surface area contributed by atoms with E-state index in [0.29, 0.717) is 11.0 Å². The second kappa shape index (κ2) is 7.63. The first kappa shape index (κ1) is 18.5. The number of hydrogen-bond donors (Lipinski definition) is 2. The monoisotopic (exact) mass is 397 g/mol. The average molecular weight is 397 g/mol. The summed E-state index contributed by atoms with van der Waals surface area (Å²) in [6, 6.07) is 13.6. The van der Waals surface area contributed by atoms with Gasteiger partial charge >= 0.3 is 0 Å². The summed E-state index contributed by atoms with van der Waals surface area (Å²) in [5, 5.41) is 11.3. The molecule has 1 aromatic heterocycles. The molecule has 0 spiro atoms. The third-order valence-corrected chi connectivity index (χ3v) is 5.93. The van der Waals surface area contributed by atoms with Crippen molar-refractivity contribution in [3.8, 4) is 0 Å². The fourth-order valence-electron chi connectivity index (χ4n) is 3.12. The highest BCUT2D eigenvalue weighted by molar-refractivity contribution is 8.00. The van der Waals surface area contributed by atoms with Crippen molar-refractivity contribution in [1.82, 2.24) is 14.9 Å². The number of halogens is 1. The molecular weight excluding hydrogens is 377 g/mol. The summed E-state index contributed by atoms with van der Waals surface area (Å²) in [5.74, 6) is 0.233. The molecule has 0 saturated heterocycles. The third kappa shape index (κ3) is 3.60. The molecule has 0 fully saturated rings. The minimum atomic E-state index is -0.493. The van der Waals surface area contributed by atoms with Gasteiger partial charge in [0.25, 0.3) is 0 Å². The number of anilines is 1. The van der Waals surface area contributed by atoms with Gasteiger partial charge in [-0.1, -0.05) is 43.0 Å². The van der Waals surface area contributed by atoms with E-state index >= 15 is 0 Å². The van der Waals surface area contributed by atoms with E-state index in [9.17, 15) is 9.18 Å². The van der Waals surface area contributed by atoms with Crippen molar-refractivity contribution in [1.29, 1.82) is 0 Å². The van der Waals surface area contributed by atoms with Crippen LogP contribution >= 0.6 is 11.8 Å². The van der Waals surface area contributed by atoms with Crippen molar-refractivity contribution in [2.24, 2.45) is 0 Å². The molecule has 1 amide bonds. The van der Waals surface area contributed by atoms with E-state index in [2.05, 4.69) is 27.9 Å². The number of nitrogens with one attached hydrogen (secondary N) is 2. The van der Waals surface area contributed by atoms with Gasteiger partial charge in [-0.3, -0.25) is 4.79 Å². The Morgan fingerprint density at radius 3 is 2.57 bits per heavy atom. The zero-order valence-electron chi connectivity index (χ0n) is 15.5. The summed E-state index contributed by atoms with van der Waals surface area (Å²) >= 11 is 1.34. The number of hydrogen-bond acceptors (Lipinski definition) is 5. The molecule has 3 aromatic rings. The molecule has 2 unspecified atom stereocenters. The fourth-order valence-corrected chi connectivity index (χ4v) is 4.24. The first-order valence-electron chi connectivity index (χ1n) is 9.05. The van der Waals surface area contributed by atoms with Crippen molar-refractivity contribution in [3.05, 3.63) is 71.3 Å². The first-order valence-corrected chi connectivity index (χ1v) is 9.93. The quantitative estimate of drug-likeness (QED) is 0.703. The van der Waals surface area contributed by atoms with Crippen molar-refractivity contribution >= 4 is 23.4 Å². The summed E-state index contributed by atoms with van der Waals surface area (Å²) in [7, 11) is 0. The number of aryl methyl sites for hydroxylation is 2. The second-order valence-electron chi connectivity index (χ2n) is 6.60. The summed E-state index contributed by atoms with van der Waals surface area (Å²) in [6.07, 6.45) is 0.943. The standard InChI is InChI=1S/C20H20FN5OS/c1-3-13-4-10-16(11-5-13)22-19(27)18-17(14-6-8-15(21)9-7-14)25-26-12(2)23-24-20(26)28-18/h4-11,17-18,25H,3H2,1-2H3,(H,22,27). The van der Waals surface area contributed by atoms with Gasteiger partial charge in [0.2, 0.25) is 11.1 Å². The van der Waals surface area contributed by atoms with E-state index in [0.717, 1.165) is 17.7 Å². The molecule has 6 nitrogen and oxygen atoms in total. The van der Waals surface area contributed by atoms with Gasteiger partial charge in [0.05, 0.1) is 6.04 Å². The molecule has 0 bridgehead atoms. The number of fused-ring (bicyclic) bond motifs is 1. The van der Waals surface area contributed by atoms with Crippen molar-refractivity contribution in [2.45, 2.75) is 36.7 Å². The Labute approximate surface area is 166 Å². The second-order valence-corrected chi connectivity index (χ2v) is 7.71. The van der Waals surface area contributed by atoms with E-state index in [-0.39, 0.29) is 17.8 Å². The van der Waals surface area contributed by atoms with Gasteiger partial charge in [-0.2, -0.15) is 0 Å². The number of amides is 1. The Morgan fingerprint density at radius 2 is 1.89 bits per heavy atom. The molecule has 0 saturated carbocycles. The van der Waals surface area contributed by atoms with Crippen LogP contribution in [0, 0.1) is 12.7 Å². The number of thioether (sulfide) groups is 1. The van der Waals surface area contributed by atoms with E-state index < -0.39 is 5.25 Å². The van der Waals surface area contributed by atoms with Gasteiger partial charge in [-0.05, 0) is 48.7 Å². The molecule has 2 aromatic carbocycles. The summed E-state index contributed by atoms with van der Waals surface area (Å²) < 4.78 is 15.1. The highest BCUT2D eigenvalue weighted by atomic mass is 32.2. The van der Waals surface area contributed by atoms with Gasteiger partial charge in [-0.15, -0.1) is 10.2 Å². The highest BCUT2D eigenvalue weighted by Gasteiger charge is 2.37. The van der Waals surface area contributed by atoms with Gasteiger partial charge in [0.1, 0.15) is 16.9 Å². The summed E-state index contributed by atoms with van der Waals surface area (Å²) in [5.41, 5.74) is 6.07. The van der Waals surface area contributed by atoms with Crippen LogP contribution in [-0.2, 0) is 11.2 Å². The van der Waals surface area contributed by atoms with E-state index in [1.54, 1.807) is 16.8 Å². The largest absolute Gasteiger partial charge is 0.325 e. The van der Waals surface area contributed by atoms with Crippen molar-refractivity contribution < 1.29 is 9.18 Å². The molecule has 0 aliphatic carbocycles. The van der Waals surface area contributed by atoms with Crippen LogP contribution in [0.4, 0.5) is 10.1 Å². The molecule has 4 rings (SSSR count). The molecule has 2 atom stereocenters. The van der Waals surface area contributed by atoms with Crippen LogP contribution in [0.3, 0.4) is 0 Å². The van der Waals surface area contributed by atoms with Gasteiger partial charge in [-0.25, -0.2) is 9.07 Å². The zero-order chi connectivity index (χ0) is 19.7. The van der Waals surface area contributed by atoms with Crippen LogP contribution in [-0.4, -0.2) is 26.0 Å². The smallest absolute Gasteiger partial charge is 0.240 e. The Kier molecular flexibility index (Phi) is 5.04. The molecule has 2 heterocycles. The highest BCUT2D eigenvalue weighted by Crippen LogP contribution is 2.37. The molecule has 144 valence electrons. The van der Waals surface area contributed by atoms with Gasteiger partial charge < -0.3 is 10.7 Å².